The number of amides is 2. The van der Waals surface area contributed by atoms with Crippen LogP contribution in [0.4, 0.5) is 5.13 Å². The van der Waals surface area contributed by atoms with Crippen LogP contribution in [0, 0.1) is 0 Å². The average Bonchev–Trinajstić information content (AvgIpc) is 3.29. The van der Waals surface area contributed by atoms with Crippen molar-refractivity contribution in [3.63, 3.8) is 0 Å². The second-order valence-electron chi connectivity index (χ2n) is 5.37. The van der Waals surface area contributed by atoms with E-state index in [1.807, 2.05) is 0 Å². The number of thiazole rings is 1. The minimum atomic E-state index is -0.297. The summed E-state index contributed by atoms with van der Waals surface area (Å²) in [6.45, 7) is 1.76. The molecule has 2 N–H and O–H groups in total. The van der Waals surface area contributed by atoms with Gasteiger partial charge in [0, 0.05) is 12.3 Å². The van der Waals surface area contributed by atoms with Gasteiger partial charge in [-0.25, -0.2) is 4.98 Å². The Bertz CT molecular complexity index is 932. The van der Waals surface area contributed by atoms with Crippen molar-refractivity contribution in [2.24, 2.45) is 0 Å². The van der Waals surface area contributed by atoms with Gasteiger partial charge in [-0.1, -0.05) is 12.1 Å². The van der Waals surface area contributed by atoms with Gasteiger partial charge >= 0.3 is 0 Å². The van der Waals surface area contributed by atoms with Crippen molar-refractivity contribution in [1.82, 2.24) is 10.3 Å². The number of hydrogen-bond acceptors (Lipinski definition) is 6. The number of aromatic nitrogens is 1. The van der Waals surface area contributed by atoms with Gasteiger partial charge in [-0.2, -0.15) is 0 Å². The molecule has 1 aromatic carbocycles. The van der Waals surface area contributed by atoms with E-state index in [1.165, 1.54) is 25.4 Å². The molecule has 0 spiro atoms. The molecule has 2 aromatic heterocycles. The van der Waals surface area contributed by atoms with Crippen LogP contribution >= 0.6 is 11.3 Å². The fraction of sp³-hybridized carbons (Fsp3) is 0.167. The molecule has 26 heavy (non-hydrogen) atoms. The molecule has 0 saturated heterocycles. The summed E-state index contributed by atoms with van der Waals surface area (Å²) < 4.78 is 10.9. The number of benzene rings is 1. The van der Waals surface area contributed by atoms with Gasteiger partial charge in [0.05, 0.1) is 19.2 Å². The Balaban J connectivity index is 1.70. The Kier molecular flexibility index (Phi) is 5.33. The molecule has 134 valence electrons. The van der Waals surface area contributed by atoms with Gasteiger partial charge in [0.2, 0.25) is 5.91 Å². The number of carbonyl (C=O) groups excluding carboxylic acids is 2. The normalized spacial score (nSPS) is 10.4. The molecule has 0 saturated carbocycles. The first-order valence-corrected chi connectivity index (χ1v) is 8.68. The SMILES string of the molecule is COc1ccccc1C(=O)Nc1nc(-c2ccc(CNC(C)=O)o2)cs1. The Hall–Kier alpha value is -3.13. The second kappa shape index (κ2) is 7.83. The van der Waals surface area contributed by atoms with Crippen molar-refractivity contribution in [1.29, 1.82) is 0 Å². The lowest BCUT2D eigenvalue weighted by Crippen LogP contribution is -2.18. The second-order valence-corrected chi connectivity index (χ2v) is 6.23. The molecule has 0 radical (unpaired) electrons. The molecule has 2 amide bonds. The van der Waals surface area contributed by atoms with Crippen LogP contribution < -0.4 is 15.4 Å². The molecule has 0 atom stereocenters. The summed E-state index contributed by atoms with van der Waals surface area (Å²) in [6.07, 6.45) is 0. The lowest BCUT2D eigenvalue weighted by atomic mass is 10.2. The van der Waals surface area contributed by atoms with Crippen molar-refractivity contribution in [3.8, 4) is 17.2 Å². The number of para-hydroxylation sites is 1. The van der Waals surface area contributed by atoms with Crippen molar-refractivity contribution in [2.75, 3.05) is 12.4 Å². The van der Waals surface area contributed by atoms with Gasteiger partial charge in [-0.3, -0.25) is 14.9 Å². The van der Waals surface area contributed by atoms with Crippen LogP contribution in [0.1, 0.15) is 23.0 Å². The maximum Gasteiger partial charge on any atom is 0.261 e. The van der Waals surface area contributed by atoms with E-state index in [9.17, 15) is 9.59 Å². The summed E-state index contributed by atoms with van der Waals surface area (Å²) in [4.78, 5) is 27.7. The van der Waals surface area contributed by atoms with Crippen LogP contribution in [0.2, 0.25) is 0 Å². The van der Waals surface area contributed by atoms with Crippen LogP contribution in [0.15, 0.2) is 46.2 Å². The molecule has 7 nitrogen and oxygen atoms in total. The Morgan fingerprint density at radius 2 is 2.04 bits per heavy atom. The van der Waals surface area contributed by atoms with E-state index in [2.05, 4.69) is 15.6 Å². The fourth-order valence-corrected chi connectivity index (χ4v) is 2.96. The van der Waals surface area contributed by atoms with Crippen LogP contribution in [-0.2, 0) is 11.3 Å². The largest absolute Gasteiger partial charge is 0.496 e. The van der Waals surface area contributed by atoms with Crippen molar-refractivity contribution < 1.29 is 18.7 Å². The van der Waals surface area contributed by atoms with Crippen molar-refractivity contribution >= 4 is 28.3 Å². The molecule has 0 fully saturated rings. The standard InChI is InChI=1S/C18H17N3O4S/c1-11(22)19-9-12-7-8-16(25-12)14-10-26-18(20-14)21-17(23)13-5-3-4-6-15(13)24-2/h3-8,10H,9H2,1-2H3,(H,19,22)(H,20,21,23). The van der Waals surface area contributed by atoms with Crippen LogP contribution in [0.5, 0.6) is 5.75 Å². The number of furan rings is 1. The predicted molar refractivity (Wildman–Crippen MR) is 98.3 cm³/mol. The number of rotatable bonds is 6. The summed E-state index contributed by atoms with van der Waals surface area (Å²) in [5.74, 6) is 1.27. The van der Waals surface area contributed by atoms with Crippen LogP contribution in [0.25, 0.3) is 11.5 Å². The highest BCUT2D eigenvalue weighted by Crippen LogP contribution is 2.27. The molecule has 8 heteroatoms. The molecule has 0 aliphatic heterocycles. The van der Waals surface area contributed by atoms with E-state index in [4.69, 9.17) is 9.15 Å². The summed E-state index contributed by atoms with van der Waals surface area (Å²) in [5.41, 5.74) is 1.04. The van der Waals surface area contributed by atoms with E-state index in [-0.39, 0.29) is 11.8 Å². The van der Waals surface area contributed by atoms with Gasteiger partial charge < -0.3 is 14.5 Å². The van der Waals surface area contributed by atoms with Crippen molar-refractivity contribution in [2.45, 2.75) is 13.5 Å². The number of nitrogens with one attached hydrogen (secondary N) is 2. The van der Waals surface area contributed by atoms with E-state index < -0.39 is 0 Å². The molecular formula is C18H17N3O4S. The number of anilines is 1. The summed E-state index contributed by atoms with van der Waals surface area (Å²) in [5, 5.41) is 7.67. The van der Waals surface area contributed by atoms with Gasteiger partial charge in [0.1, 0.15) is 17.2 Å². The smallest absolute Gasteiger partial charge is 0.261 e. The lowest BCUT2D eigenvalue weighted by Gasteiger charge is -2.06. The Morgan fingerprint density at radius 1 is 1.23 bits per heavy atom. The lowest BCUT2D eigenvalue weighted by molar-refractivity contribution is -0.119. The number of hydrogen-bond donors (Lipinski definition) is 2. The van der Waals surface area contributed by atoms with Gasteiger partial charge in [0.15, 0.2) is 10.9 Å². The maximum absolute atomic E-state index is 12.4. The minimum absolute atomic E-state index is 0.127. The predicted octanol–water partition coefficient (Wildman–Crippen LogP) is 3.30. The first-order chi connectivity index (χ1) is 12.6. The zero-order valence-electron chi connectivity index (χ0n) is 14.2. The first kappa shape index (κ1) is 17.7. The summed E-state index contributed by atoms with van der Waals surface area (Å²) in [7, 11) is 1.52. The molecule has 0 aliphatic carbocycles. The monoisotopic (exact) mass is 371 g/mol. The molecule has 3 aromatic rings. The zero-order valence-corrected chi connectivity index (χ0v) is 15.1. The highest BCUT2D eigenvalue weighted by molar-refractivity contribution is 7.14. The van der Waals surface area contributed by atoms with E-state index in [0.29, 0.717) is 40.2 Å². The zero-order chi connectivity index (χ0) is 18.5. The molecule has 0 bridgehead atoms. The number of carbonyl (C=O) groups is 2. The molecule has 2 heterocycles. The highest BCUT2D eigenvalue weighted by Gasteiger charge is 2.15. The third-order valence-electron chi connectivity index (χ3n) is 3.50. The highest BCUT2D eigenvalue weighted by atomic mass is 32.1. The van der Waals surface area contributed by atoms with Crippen molar-refractivity contribution in [3.05, 3.63) is 53.1 Å². The third-order valence-corrected chi connectivity index (χ3v) is 4.26. The van der Waals surface area contributed by atoms with Crippen LogP contribution in [0.3, 0.4) is 0 Å². The number of ether oxygens (including phenoxy) is 1. The first-order valence-electron chi connectivity index (χ1n) is 7.80. The third kappa shape index (κ3) is 4.09. The quantitative estimate of drug-likeness (QED) is 0.693. The summed E-state index contributed by atoms with van der Waals surface area (Å²) in [6, 6.07) is 10.5. The average molecular weight is 371 g/mol. The van der Waals surface area contributed by atoms with Gasteiger partial charge in [-0.15, -0.1) is 11.3 Å². The maximum atomic E-state index is 12.4. The topological polar surface area (TPSA) is 93.5 Å². The number of nitrogens with zero attached hydrogens (tertiary/aromatic N) is 1. The van der Waals surface area contributed by atoms with E-state index >= 15 is 0 Å². The minimum Gasteiger partial charge on any atom is -0.496 e. The van der Waals surface area contributed by atoms with Gasteiger partial charge in [-0.05, 0) is 24.3 Å². The molecule has 0 unspecified atom stereocenters. The molecular weight excluding hydrogens is 354 g/mol. The molecule has 3 rings (SSSR count). The van der Waals surface area contributed by atoms with Gasteiger partial charge in [0.25, 0.3) is 5.91 Å². The van der Waals surface area contributed by atoms with Crippen LogP contribution in [-0.4, -0.2) is 23.9 Å². The Morgan fingerprint density at radius 3 is 2.81 bits per heavy atom. The molecule has 0 aliphatic rings. The summed E-state index contributed by atoms with van der Waals surface area (Å²) >= 11 is 1.29. The number of methoxy groups -OCH3 is 1. The van der Waals surface area contributed by atoms with E-state index in [1.54, 1.807) is 41.8 Å². The Labute approximate surface area is 154 Å². The van der Waals surface area contributed by atoms with E-state index in [0.717, 1.165) is 0 Å². The fourth-order valence-electron chi connectivity index (χ4n) is 2.26.